The van der Waals surface area contributed by atoms with Crippen molar-refractivity contribution in [3.8, 4) is 5.75 Å². The minimum Gasteiger partial charge on any atom is -0.425 e. The molecule has 0 radical (unpaired) electrons. The Morgan fingerprint density at radius 2 is 1.69 bits per heavy atom. The number of benzene rings is 2. The quantitative estimate of drug-likeness (QED) is 0.420. The summed E-state index contributed by atoms with van der Waals surface area (Å²) in [6.45, 7) is 1.94. The minimum atomic E-state index is -0.274. The van der Waals surface area contributed by atoms with Gasteiger partial charge in [-0.1, -0.05) is 41.9 Å². The Kier molecular flexibility index (Phi) is 5.11. The Morgan fingerprint density at radius 1 is 1.03 bits per heavy atom. The molecule has 1 heterocycles. The van der Waals surface area contributed by atoms with Gasteiger partial charge in [-0.25, -0.2) is 0 Å². The van der Waals surface area contributed by atoms with Gasteiger partial charge in [0.15, 0.2) is 0 Å². The van der Waals surface area contributed by atoms with Crippen LogP contribution in [0.2, 0.25) is 5.02 Å². The highest BCUT2D eigenvalue weighted by molar-refractivity contribution is 6.32. The number of likely N-dealkylation sites (N-methyl/N-ethyl adjacent to an activating group) is 1. The van der Waals surface area contributed by atoms with E-state index in [1.807, 2.05) is 6.07 Å². The fourth-order valence-corrected chi connectivity index (χ4v) is 7.81. The van der Waals surface area contributed by atoms with Gasteiger partial charge in [-0.05, 0) is 98.6 Å². The van der Waals surface area contributed by atoms with E-state index < -0.39 is 0 Å². The zero-order valence-corrected chi connectivity index (χ0v) is 19.6. The van der Waals surface area contributed by atoms with Gasteiger partial charge in [0.1, 0.15) is 5.75 Å². The number of carbonyl (C=O) groups is 1. The van der Waals surface area contributed by atoms with Crippen LogP contribution >= 0.6 is 11.6 Å². The summed E-state index contributed by atoms with van der Waals surface area (Å²) in [6.07, 6.45) is 7.95. The average molecular weight is 450 g/mol. The first kappa shape index (κ1) is 20.7. The van der Waals surface area contributed by atoms with Crippen molar-refractivity contribution in [3.63, 3.8) is 0 Å². The molecule has 2 aromatic carbocycles. The lowest BCUT2D eigenvalue weighted by molar-refractivity contribution is -0.161. The standard InChI is InChI=1S/C28H32ClNO2/c1-30-8-7-22-12-25(29)26(13-23(22)24(17-30)21-5-3-2-4-6-21)32-27(31)28-14-18-9-19(15-28)11-20(10-18)16-28/h2-6,12-13,18-20,24H,7-11,14-17H2,1H3/t18?,19?,20?,24-,28?/m0/s1. The smallest absolute Gasteiger partial charge is 0.317 e. The monoisotopic (exact) mass is 449 g/mol. The van der Waals surface area contributed by atoms with E-state index in [1.54, 1.807) is 0 Å². The van der Waals surface area contributed by atoms with Crippen LogP contribution in [-0.4, -0.2) is 31.0 Å². The van der Waals surface area contributed by atoms with Gasteiger partial charge in [-0.3, -0.25) is 4.79 Å². The summed E-state index contributed by atoms with van der Waals surface area (Å²) in [5.74, 6) is 2.92. The van der Waals surface area contributed by atoms with Gasteiger partial charge in [-0.15, -0.1) is 0 Å². The van der Waals surface area contributed by atoms with E-state index in [0.29, 0.717) is 28.5 Å². The molecule has 1 aliphatic heterocycles. The highest BCUT2D eigenvalue weighted by atomic mass is 35.5. The number of ether oxygens (including phenoxy) is 1. The maximum absolute atomic E-state index is 13.6. The van der Waals surface area contributed by atoms with Crippen molar-refractivity contribution in [2.45, 2.75) is 50.9 Å². The van der Waals surface area contributed by atoms with Crippen molar-refractivity contribution in [2.75, 3.05) is 20.1 Å². The van der Waals surface area contributed by atoms with Crippen molar-refractivity contribution >= 4 is 17.6 Å². The average Bonchev–Trinajstić information content (AvgIpc) is 2.92. The molecule has 168 valence electrons. The number of hydrogen-bond donors (Lipinski definition) is 0. The summed E-state index contributed by atoms with van der Waals surface area (Å²) in [6, 6.07) is 14.8. The summed E-state index contributed by atoms with van der Waals surface area (Å²) < 4.78 is 6.16. The van der Waals surface area contributed by atoms with Crippen LogP contribution in [0.5, 0.6) is 5.75 Å². The van der Waals surface area contributed by atoms with E-state index in [-0.39, 0.29) is 17.3 Å². The lowest BCUT2D eigenvalue weighted by Gasteiger charge is -2.55. The van der Waals surface area contributed by atoms with Gasteiger partial charge in [0.2, 0.25) is 0 Å². The van der Waals surface area contributed by atoms with Crippen molar-refractivity contribution in [1.29, 1.82) is 0 Å². The van der Waals surface area contributed by atoms with E-state index >= 15 is 0 Å². The molecule has 0 unspecified atom stereocenters. The van der Waals surface area contributed by atoms with E-state index in [9.17, 15) is 4.79 Å². The van der Waals surface area contributed by atoms with Crippen LogP contribution in [0.3, 0.4) is 0 Å². The molecule has 4 bridgehead atoms. The predicted molar refractivity (Wildman–Crippen MR) is 127 cm³/mol. The molecule has 0 saturated heterocycles. The van der Waals surface area contributed by atoms with Gasteiger partial charge < -0.3 is 9.64 Å². The summed E-state index contributed by atoms with van der Waals surface area (Å²) in [5, 5.41) is 0.568. The first-order valence-corrected chi connectivity index (χ1v) is 12.6. The van der Waals surface area contributed by atoms with Crippen molar-refractivity contribution < 1.29 is 9.53 Å². The third kappa shape index (κ3) is 3.58. The molecule has 4 saturated carbocycles. The number of nitrogens with zero attached hydrogens (tertiary/aromatic N) is 1. The number of rotatable bonds is 3. The van der Waals surface area contributed by atoms with Gasteiger partial charge >= 0.3 is 5.97 Å². The van der Waals surface area contributed by atoms with Gasteiger partial charge in [0.05, 0.1) is 10.4 Å². The summed E-state index contributed by atoms with van der Waals surface area (Å²) in [4.78, 5) is 16.0. The molecule has 0 amide bonds. The molecule has 4 aliphatic carbocycles. The minimum absolute atomic E-state index is 0.0274. The van der Waals surface area contributed by atoms with Crippen molar-refractivity contribution in [2.24, 2.45) is 23.2 Å². The summed E-state index contributed by atoms with van der Waals surface area (Å²) in [5.41, 5.74) is 3.54. The van der Waals surface area contributed by atoms with Gasteiger partial charge in [0, 0.05) is 19.0 Å². The fraction of sp³-hybridized carbons (Fsp3) is 0.536. The van der Waals surface area contributed by atoms with Crippen LogP contribution < -0.4 is 4.74 Å². The lowest BCUT2D eigenvalue weighted by atomic mass is 9.49. The molecule has 4 heteroatoms. The second-order valence-electron chi connectivity index (χ2n) is 11.0. The predicted octanol–water partition coefficient (Wildman–Crippen LogP) is 6.08. The zero-order chi connectivity index (χ0) is 21.9. The molecule has 0 N–H and O–H groups in total. The molecule has 2 aromatic rings. The Labute approximate surface area is 196 Å². The van der Waals surface area contributed by atoms with Gasteiger partial charge in [0.25, 0.3) is 0 Å². The molecule has 0 aromatic heterocycles. The SMILES string of the molecule is CN1CCc2cc(Cl)c(OC(=O)C34CC5CC(CC(C5)C3)C4)cc2[C@H](c2ccccc2)C1. The molecule has 7 rings (SSSR count). The van der Waals surface area contributed by atoms with Crippen molar-refractivity contribution in [1.82, 2.24) is 4.90 Å². The van der Waals surface area contributed by atoms with E-state index in [1.165, 1.54) is 36.0 Å². The summed E-state index contributed by atoms with van der Waals surface area (Å²) >= 11 is 6.71. The Hall–Kier alpha value is -1.84. The van der Waals surface area contributed by atoms with E-state index in [2.05, 4.69) is 48.3 Å². The lowest BCUT2D eigenvalue weighted by Crippen LogP contribution is -2.51. The molecule has 0 spiro atoms. The molecular weight excluding hydrogens is 418 g/mol. The molecule has 4 fully saturated rings. The van der Waals surface area contributed by atoms with Crippen LogP contribution in [0.4, 0.5) is 0 Å². The Balaban J connectivity index is 1.33. The zero-order valence-electron chi connectivity index (χ0n) is 18.9. The number of esters is 1. The van der Waals surface area contributed by atoms with Crippen LogP contribution in [0.1, 0.15) is 61.1 Å². The number of carbonyl (C=O) groups excluding carboxylic acids is 1. The second kappa shape index (κ2) is 7.88. The Bertz CT molecular complexity index is 998. The van der Waals surface area contributed by atoms with E-state index in [4.69, 9.17) is 16.3 Å². The largest absolute Gasteiger partial charge is 0.425 e. The van der Waals surface area contributed by atoms with Crippen LogP contribution in [0.25, 0.3) is 0 Å². The number of halogens is 1. The van der Waals surface area contributed by atoms with Crippen LogP contribution in [-0.2, 0) is 11.2 Å². The summed E-state index contributed by atoms with van der Waals surface area (Å²) in [7, 11) is 2.18. The molecule has 32 heavy (non-hydrogen) atoms. The normalized spacial score (nSPS) is 33.6. The van der Waals surface area contributed by atoms with Gasteiger partial charge in [-0.2, -0.15) is 0 Å². The first-order chi connectivity index (χ1) is 15.5. The Morgan fingerprint density at radius 3 is 2.34 bits per heavy atom. The maximum Gasteiger partial charge on any atom is 0.317 e. The third-order valence-electron chi connectivity index (χ3n) is 8.70. The first-order valence-electron chi connectivity index (χ1n) is 12.3. The highest BCUT2D eigenvalue weighted by Gasteiger charge is 2.55. The number of fused-ring (bicyclic) bond motifs is 1. The highest BCUT2D eigenvalue weighted by Crippen LogP contribution is 2.60. The number of hydrogen-bond acceptors (Lipinski definition) is 3. The molecule has 1 atom stereocenters. The fourth-order valence-electron chi connectivity index (χ4n) is 7.58. The topological polar surface area (TPSA) is 29.5 Å². The second-order valence-corrected chi connectivity index (χ2v) is 11.5. The third-order valence-corrected chi connectivity index (χ3v) is 9.00. The molecule has 5 aliphatic rings. The van der Waals surface area contributed by atoms with Crippen LogP contribution in [0, 0.1) is 23.2 Å². The van der Waals surface area contributed by atoms with Crippen LogP contribution in [0.15, 0.2) is 42.5 Å². The van der Waals surface area contributed by atoms with Crippen molar-refractivity contribution in [3.05, 3.63) is 64.2 Å². The maximum atomic E-state index is 13.6. The molecule has 3 nitrogen and oxygen atoms in total. The molecular formula is C28H32ClNO2. The van der Waals surface area contributed by atoms with E-state index in [0.717, 1.165) is 38.8 Å².